The topological polar surface area (TPSA) is 74.2 Å². The maximum atomic E-state index is 12.3. The third kappa shape index (κ3) is 3.69. The van der Waals surface area contributed by atoms with Crippen molar-refractivity contribution in [2.45, 2.75) is 13.8 Å². The molecule has 0 radical (unpaired) electrons. The van der Waals surface area contributed by atoms with Crippen LogP contribution in [-0.4, -0.2) is 34.1 Å². The van der Waals surface area contributed by atoms with Crippen LogP contribution in [0, 0.1) is 0 Å². The number of aromatic nitrogens is 3. The molecular weight excluding hydrogens is 342 g/mol. The van der Waals surface area contributed by atoms with Crippen molar-refractivity contribution in [2.75, 3.05) is 13.2 Å². The van der Waals surface area contributed by atoms with E-state index in [1.807, 2.05) is 6.92 Å². The van der Waals surface area contributed by atoms with E-state index >= 15 is 0 Å². The van der Waals surface area contributed by atoms with Crippen LogP contribution in [0.5, 0.6) is 6.01 Å². The molecule has 0 saturated heterocycles. The summed E-state index contributed by atoms with van der Waals surface area (Å²) in [6, 6.07) is 7.15. The van der Waals surface area contributed by atoms with Crippen molar-refractivity contribution in [1.29, 1.82) is 0 Å². The number of esters is 1. The van der Waals surface area contributed by atoms with E-state index in [-0.39, 0.29) is 6.61 Å². The Hall–Kier alpha value is -2.73. The molecule has 0 amide bonds. The van der Waals surface area contributed by atoms with Gasteiger partial charge in [0, 0.05) is 28.4 Å². The van der Waals surface area contributed by atoms with E-state index in [9.17, 15) is 4.79 Å². The van der Waals surface area contributed by atoms with Crippen molar-refractivity contribution in [1.82, 2.24) is 15.0 Å². The molecule has 3 rings (SSSR count). The molecule has 0 aliphatic carbocycles. The van der Waals surface area contributed by atoms with E-state index < -0.39 is 5.97 Å². The molecular formula is C18H16ClN3O3. The van der Waals surface area contributed by atoms with Crippen molar-refractivity contribution in [3.63, 3.8) is 0 Å². The van der Waals surface area contributed by atoms with E-state index in [4.69, 9.17) is 21.1 Å². The largest absolute Gasteiger partial charge is 0.464 e. The number of nitrogens with zero attached hydrogens (tertiary/aromatic N) is 3. The van der Waals surface area contributed by atoms with E-state index in [0.29, 0.717) is 45.4 Å². The fourth-order valence-electron chi connectivity index (χ4n) is 2.38. The Labute approximate surface area is 149 Å². The number of benzene rings is 1. The van der Waals surface area contributed by atoms with Crippen LogP contribution in [0.4, 0.5) is 0 Å². The molecule has 7 heteroatoms. The molecule has 25 heavy (non-hydrogen) atoms. The molecule has 0 spiro atoms. The van der Waals surface area contributed by atoms with E-state index in [1.165, 1.54) is 0 Å². The molecule has 1 aromatic carbocycles. The molecule has 0 bridgehead atoms. The van der Waals surface area contributed by atoms with Crippen molar-refractivity contribution < 1.29 is 14.3 Å². The SMILES string of the molecule is CCOC(=O)c1cc(-c2cnc(OCC)nc2)nc2cc(Cl)ccc12. The van der Waals surface area contributed by atoms with E-state index in [1.54, 1.807) is 43.6 Å². The number of hydrogen-bond donors (Lipinski definition) is 0. The molecule has 2 heterocycles. The van der Waals surface area contributed by atoms with Gasteiger partial charge in [0.15, 0.2) is 0 Å². The Bertz CT molecular complexity index is 913. The van der Waals surface area contributed by atoms with Gasteiger partial charge >= 0.3 is 12.0 Å². The monoisotopic (exact) mass is 357 g/mol. The standard InChI is InChI=1S/C18H16ClN3O3/c1-3-24-17(23)14-8-15(11-9-20-18(21-10-11)25-4-2)22-16-7-12(19)5-6-13(14)16/h5-10H,3-4H2,1-2H3. The number of ether oxygens (including phenoxy) is 2. The summed E-state index contributed by atoms with van der Waals surface area (Å²) in [7, 11) is 0. The van der Waals surface area contributed by atoms with Crippen molar-refractivity contribution in [3.8, 4) is 17.3 Å². The number of carbonyl (C=O) groups is 1. The smallest absolute Gasteiger partial charge is 0.338 e. The van der Waals surface area contributed by atoms with Gasteiger partial charge in [0.2, 0.25) is 0 Å². The Morgan fingerprint density at radius 3 is 2.56 bits per heavy atom. The van der Waals surface area contributed by atoms with Crippen LogP contribution < -0.4 is 4.74 Å². The molecule has 0 aliphatic rings. The Kier molecular flexibility index (Phi) is 5.09. The summed E-state index contributed by atoms with van der Waals surface area (Å²) >= 11 is 6.07. The summed E-state index contributed by atoms with van der Waals surface area (Å²) in [4.78, 5) is 25.2. The average molecular weight is 358 g/mol. The van der Waals surface area contributed by atoms with Gasteiger partial charge in [0.05, 0.1) is 30.0 Å². The maximum Gasteiger partial charge on any atom is 0.338 e. The minimum Gasteiger partial charge on any atom is -0.464 e. The third-order valence-electron chi connectivity index (χ3n) is 3.46. The van der Waals surface area contributed by atoms with E-state index in [0.717, 1.165) is 0 Å². The van der Waals surface area contributed by atoms with Gasteiger partial charge in [-0.05, 0) is 32.0 Å². The third-order valence-corrected chi connectivity index (χ3v) is 3.70. The first-order valence-corrected chi connectivity index (χ1v) is 8.22. The summed E-state index contributed by atoms with van der Waals surface area (Å²) < 4.78 is 10.4. The molecule has 0 atom stereocenters. The zero-order valence-electron chi connectivity index (χ0n) is 13.8. The predicted octanol–water partition coefficient (Wildman–Crippen LogP) is 3.92. The lowest BCUT2D eigenvalue weighted by molar-refractivity contribution is 0.0528. The fourth-order valence-corrected chi connectivity index (χ4v) is 2.55. The second kappa shape index (κ2) is 7.44. The minimum atomic E-state index is -0.412. The zero-order chi connectivity index (χ0) is 17.8. The number of pyridine rings is 1. The van der Waals surface area contributed by atoms with Gasteiger partial charge in [-0.15, -0.1) is 0 Å². The van der Waals surface area contributed by atoms with Crippen molar-refractivity contribution >= 4 is 28.5 Å². The Morgan fingerprint density at radius 1 is 1.12 bits per heavy atom. The van der Waals surface area contributed by atoms with Crippen LogP contribution in [0.1, 0.15) is 24.2 Å². The molecule has 0 saturated carbocycles. The Morgan fingerprint density at radius 2 is 1.88 bits per heavy atom. The maximum absolute atomic E-state index is 12.3. The minimum absolute atomic E-state index is 0.289. The first-order chi connectivity index (χ1) is 12.1. The molecule has 3 aromatic rings. The van der Waals surface area contributed by atoms with Crippen molar-refractivity contribution in [2.24, 2.45) is 0 Å². The number of hydrogen-bond acceptors (Lipinski definition) is 6. The van der Waals surface area contributed by atoms with Gasteiger partial charge in [-0.1, -0.05) is 17.7 Å². The lowest BCUT2D eigenvalue weighted by Crippen LogP contribution is -2.06. The highest BCUT2D eigenvalue weighted by atomic mass is 35.5. The summed E-state index contributed by atoms with van der Waals surface area (Å²) in [6.45, 7) is 4.40. The molecule has 128 valence electrons. The van der Waals surface area contributed by atoms with E-state index in [2.05, 4.69) is 15.0 Å². The summed E-state index contributed by atoms with van der Waals surface area (Å²) in [6.07, 6.45) is 3.21. The van der Waals surface area contributed by atoms with Crippen LogP contribution in [0.2, 0.25) is 5.02 Å². The molecule has 0 fully saturated rings. The number of fused-ring (bicyclic) bond motifs is 1. The van der Waals surface area contributed by atoms with Gasteiger partial charge in [-0.3, -0.25) is 0 Å². The second-order valence-corrected chi connectivity index (χ2v) is 5.56. The number of carbonyl (C=O) groups excluding carboxylic acids is 1. The number of halogens is 1. The van der Waals surface area contributed by atoms with Crippen LogP contribution in [0.3, 0.4) is 0 Å². The quantitative estimate of drug-likeness (QED) is 0.644. The lowest BCUT2D eigenvalue weighted by Gasteiger charge is -2.09. The van der Waals surface area contributed by atoms with Crippen molar-refractivity contribution in [3.05, 3.63) is 47.2 Å². The zero-order valence-corrected chi connectivity index (χ0v) is 14.6. The van der Waals surface area contributed by atoms with Gasteiger partial charge < -0.3 is 9.47 Å². The summed E-state index contributed by atoms with van der Waals surface area (Å²) in [5.41, 5.74) is 2.24. The van der Waals surface area contributed by atoms with Crippen LogP contribution in [0.15, 0.2) is 36.7 Å². The highest BCUT2D eigenvalue weighted by Crippen LogP contribution is 2.27. The normalized spacial score (nSPS) is 10.7. The average Bonchev–Trinajstić information content (AvgIpc) is 2.61. The first kappa shape index (κ1) is 17.1. The molecule has 0 unspecified atom stereocenters. The Balaban J connectivity index is 2.13. The van der Waals surface area contributed by atoms with Gasteiger partial charge in [0.1, 0.15) is 0 Å². The molecule has 0 N–H and O–H groups in total. The highest BCUT2D eigenvalue weighted by molar-refractivity contribution is 6.31. The number of rotatable bonds is 5. The predicted molar refractivity (Wildman–Crippen MR) is 94.9 cm³/mol. The van der Waals surface area contributed by atoms with Crippen LogP contribution >= 0.6 is 11.6 Å². The van der Waals surface area contributed by atoms with Crippen LogP contribution in [-0.2, 0) is 4.74 Å². The summed E-state index contributed by atoms with van der Waals surface area (Å²) in [5.74, 6) is -0.412. The molecule has 2 aromatic heterocycles. The lowest BCUT2D eigenvalue weighted by atomic mass is 10.1. The van der Waals surface area contributed by atoms with Gasteiger partial charge in [0.25, 0.3) is 0 Å². The summed E-state index contributed by atoms with van der Waals surface area (Å²) in [5, 5.41) is 1.22. The van der Waals surface area contributed by atoms with Crippen LogP contribution in [0.25, 0.3) is 22.2 Å². The molecule has 6 nitrogen and oxygen atoms in total. The highest BCUT2D eigenvalue weighted by Gasteiger charge is 2.15. The first-order valence-electron chi connectivity index (χ1n) is 7.85. The van der Waals surface area contributed by atoms with Gasteiger partial charge in [-0.2, -0.15) is 0 Å². The molecule has 0 aliphatic heterocycles. The fraction of sp³-hybridized carbons (Fsp3) is 0.222. The second-order valence-electron chi connectivity index (χ2n) is 5.12. The van der Waals surface area contributed by atoms with Gasteiger partial charge in [-0.25, -0.2) is 19.7 Å².